The van der Waals surface area contributed by atoms with Crippen LogP contribution in [0.25, 0.3) is 16.2 Å². The Morgan fingerprint density at radius 3 is 2.71 bits per heavy atom. The van der Waals surface area contributed by atoms with Gasteiger partial charge < -0.3 is 5.73 Å². The maximum atomic E-state index is 5.91. The molecule has 86 valence electrons. The fourth-order valence-corrected chi connectivity index (χ4v) is 2.69. The van der Waals surface area contributed by atoms with Crippen LogP contribution in [0.15, 0.2) is 35.7 Å². The lowest BCUT2D eigenvalue weighted by atomic mass is 10.2. The second-order valence-corrected chi connectivity index (χ2v) is 4.79. The minimum absolute atomic E-state index is 0.123. The Kier molecular flexibility index (Phi) is 2.42. The molecule has 1 aromatic carbocycles. The molecule has 2 aromatic heterocycles. The van der Waals surface area contributed by atoms with Crippen molar-refractivity contribution in [3.8, 4) is 11.3 Å². The number of benzene rings is 1. The number of hydrogen-bond donors (Lipinski definition) is 1. The Morgan fingerprint density at radius 1 is 1.24 bits per heavy atom. The molecule has 0 radical (unpaired) electrons. The summed E-state index contributed by atoms with van der Waals surface area (Å²) in [6, 6.07) is 10.1. The van der Waals surface area contributed by atoms with E-state index in [4.69, 9.17) is 5.73 Å². The van der Waals surface area contributed by atoms with Gasteiger partial charge in [0, 0.05) is 5.38 Å². The Bertz CT molecular complexity index is 639. The van der Waals surface area contributed by atoms with Gasteiger partial charge in [-0.2, -0.15) is 0 Å². The van der Waals surface area contributed by atoms with Crippen LogP contribution in [-0.2, 0) is 0 Å². The van der Waals surface area contributed by atoms with Crippen LogP contribution < -0.4 is 5.73 Å². The zero-order valence-corrected chi connectivity index (χ0v) is 10.2. The highest BCUT2D eigenvalue weighted by Gasteiger charge is 2.15. The van der Waals surface area contributed by atoms with E-state index in [1.807, 2.05) is 29.5 Å². The van der Waals surface area contributed by atoms with Crippen molar-refractivity contribution < 1.29 is 0 Å². The van der Waals surface area contributed by atoms with Crippen molar-refractivity contribution in [1.29, 1.82) is 0 Å². The van der Waals surface area contributed by atoms with Gasteiger partial charge in [-0.25, -0.2) is 0 Å². The number of fused-ring (bicyclic) bond motifs is 1. The molecule has 0 aliphatic carbocycles. The molecule has 0 fully saturated rings. The molecule has 0 saturated carbocycles. The first-order chi connectivity index (χ1) is 8.27. The third-order valence-corrected chi connectivity index (χ3v) is 3.47. The lowest BCUT2D eigenvalue weighted by Crippen LogP contribution is -2.10. The molecule has 0 aliphatic heterocycles. The third kappa shape index (κ3) is 1.64. The molecule has 1 atom stereocenters. The molecule has 0 saturated heterocycles. The summed E-state index contributed by atoms with van der Waals surface area (Å²) < 4.78 is 2.03. The second kappa shape index (κ2) is 3.94. The largest absolute Gasteiger partial charge is 0.322 e. The standard InChI is InChI=1S/C12H12N4S/c1-8(13)11-14-15-12-16(11)10(7-17-12)9-5-3-2-4-6-9/h2-8H,13H2,1H3. The number of thiazole rings is 1. The van der Waals surface area contributed by atoms with Gasteiger partial charge >= 0.3 is 0 Å². The zero-order chi connectivity index (χ0) is 11.8. The van der Waals surface area contributed by atoms with Gasteiger partial charge in [0.15, 0.2) is 5.82 Å². The molecule has 1 unspecified atom stereocenters. The number of rotatable bonds is 2. The van der Waals surface area contributed by atoms with E-state index in [-0.39, 0.29) is 6.04 Å². The monoisotopic (exact) mass is 244 g/mol. The lowest BCUT2D eigenvalue weighted by molar-refractivity contribution is 0.729. The fourth-order valence-electron chi connectivity index (χ4n) is 1.85. The Morgan fingerprint density at radius 2 is 2.00 bits per heavy atom. The van der Waals surface area contributed by atoms with Gasteiger partial charge in [0.05, 0.1) is 11.7 Å². The molecule has 2 N–H and O–H groups in total. The summed E-state index contributed by atoms with van der Waals surface area (Å²) in [5.41, 5.74) is 8.16. The molecule has 4 nitrogen and oxygen atoms in total. The van der Waals surface area contributed by atoms with E-state index >= 15 is 0 Å². The summed E-state index contributed by atoms with van der Waals surface area (Å²) in [6.45, 7) is 1.92. The predicted molar refractivity (Wildman–Crippen MR) is 68.9 cm³/mol. The molecule has 0 amide bonds. The molecular formula is C12H12N4S. The summed E-state index contributed by atoms with van der Waals surface area (Å²) in [5, 5.41) is 10.4. The highest BCUT2D eigenvalue weighted by Crippen LogP contribution is 2.27. The van der Waals surface area contributed by atoms with E-state index in [1.165, 1.54) is 0 Å². The van der Waals surface area contributed by atoms with E-state index in [9.17, 15) is 0 Å². The minimum atomic E-state index is -0.123. The number of aromatic nitrogens is 3. The highest BCUT2D eigenvalue weighted by molar-refractivity contribution is 7.15. The fraction of sp³-hybridized carbons (Fsp3) is 0.167. The molecule has 3 aromatic rings. The Hall–Kier alpha value is -1.72. The first kappa shape index (κ1) is 10.4. The van der Waals surface area contributed by atoms with Crippen LogP contribution in [0.2, 0.25) is 0 Å². The topological polar surface area (TPSA) is 56.2 Å². The van der Waals surface area contributed by atoms with E-state index in [0.29, 0.717) is 0 Å². The van der Waals surface area contributed by atoms with Crippen LogP contribution >= 0.6 is 11.3 Å². The van der Waals surface area contributed by atoms with Crippen LogP contribution in [0.1, 0.15) is 18.8 Å². The van der Waals surface area contributed by atoms with Crippen molar-refractivity contribution in [2.24, 2.45) is 5.73 Å². The first-order valence-electron chi connectivity index (χ1n) is 5.41. The molecule has 0 spiro atoms. The highest BCUT2D eigenvalue weighted by atomic mass is 32.1. The minimum Gasteiger partial charge on any atom is -0.322 e. The number of nitrogens with zero attached hydrogens (tertiary/aromatic N) is 3. The van der Waals surface area contributed by atoms with Crippen molar-refractivity contribution >= 4 is 16.3 Å². The van der Waals surface area contributed by atoms with Crippen molar-refractivity contribution in [1.82, 2.24) is 14.6 Å². The average Bonchev–Trinajstić information content (AvgIpc) is 2.90. The summed E-state index contributed by atoms with van der Waals surface area (Å²) in [5.74, 6) is 0.806. The van der Waals surface area contributed by atoms with Crippen LogP contribution in [-0.4, -0.2) is 14.6 Å². The summed E-state index contributed by atoms with van der Waals surface area (Å²) in [7, 11) is 0. The predicted octanol–water partition coefficient (Wildman–Crippen LogP) is 2.48. The maximum absolute atomic E-state index is 5.91. The van der Waals surface area contributed by atoms with Crippen molar-refractivity contribution in [3.05, 3.63) is 41.5 Å². The van der Waals surface area contributed by atoms with Crippen molar-refractivity contribution in [3.63, 3.8) is 0 Å². The Labute approximate surface area is 103 Å². The molecule has 3 rings (SSSR count). The van der Waals surface area contributed by atoms with Gasteiger partial charge in [0.1, 0.15) is 0 Å². The van der Waals surface area contributed by atoms with Crippen LogP contribution in [0.3, 0.4) is 0 Å². The van der Waals surface area contributed by atoms with E-state index in [0.717, 1.165) is 22.0 Å². The molecular weight excluding hydrogens is 232 g/mol. The lowest BCUT2D eigenvalue weighted by Gasteiger charge is -2.04. The molecule has 2 heterocycles. The second-order valence-electron chi connectivity index (χ2n) is 3.95. The van der Waals surface area contributed by atoms with Gasteiger partial charge in [-0.05, 0) is 12.5 Å². The number of nitrogens with two attached hydrogens (primary N) is 1. The van der Waals surface area contributed by atoms with E-state index in [2.05, 4.69) is 27.7 Å². The molecule has 0 bridgehead atoms. The van der Waals surface area contributed by atoms with Crippen molar-refractivity contribution in [2.75, 3.05) is 0 Å². The maximum Gasteiger partial charge on any atom is 0.216 e. The average molecular weight is 244 g/mol. The smallest absolute Gasteiger partial charge is 0.216 e. The summed E-state index contributed by atoms with van der Waals surface area (Å²) in [4.78, 5) is 0.885. The zero-order valence-electron chi connectivity index (χ0n) is 9.37. The van der Waals surface area contributed by atoms with Crippen LogP contribution in [0, 0.1) is 0 Å². The normalized spacial score (nSPS) is 13.1. The van der Waals surface area contributed by atoms with Gasteiger partial charge in [-0.1, -0.05) is 30.3 Å². The Balaban J connectivity index is 2.27. The molecule has 0 aliphatic rings. The molecule has 5 heteroatoms. The van der Waals surface area contributed by atoms with Crippen molar-refractivity contribution in [2.45, 2.75) is 13.0 Å². The summed E-state index contributed by atoms with van der Waals surface area (Å²) >= 11 is 1.58. The quantitative estimate of drug-likeness (QED) is 0.753. The van der Waals surface area contributed by atoms with Crippen LogP contribution in [0.5, 0.6) is 0 Å². The SMILES string of the molecule is CC(N)c1nnc2scc(-c3ccccc3)n12. The van der Waals surface area contributed by atoms with Crippen LogP contribution in [0.4, 0.5) is 0 Å². The van der Waals surface area contributed by atoms with Gasteiger partial charge in [-0.15, -0.1) is 21.5 Å². The van der Waals surface area contributed by atoms with E-state index in [1.54, 1.807) is 11.3 Å². The third-order valence-electron chi connectivity index (χ3n) is 2.65. The van der Waals surface area contributed by atoms with Gasteiger partial charge in [0.25, 0.3) is 0 Å². The van der Waals surface area contributed by atoms with E-state index < -0.39 is 0 Å². The molecule has 17 heavy (non-hydrogen) atoms. The van der Waals surface area contributed by atoms with Gasteiger partial charge in [0.2, 0.25) is 4.96 Å². The summed E-state index contributed by atoms with van der Waals surface area (Å²) in [6.07, 6.45) is 0. The number of hydrogen-bond acceptors (Lipinski definition) is 4. The van der Waals surface area contributed by atoms with Gasteiger partial charge in [-0.3, -0.25) is 4.40 Å². The first-order valence-corrected chi connectivity index (χ1v) is 6.29.